The first-order valence-electron chi connectivity index (χ1n) is 8.87. The van der Waals surface area contributed by atoms with Crippen LogP contribution in [0.1, 0.15) is 18.2 Å². The summed E-state index contributed by atoms with van der Waals surface area (Å²) >= 11 is 0. The van der Waals surface area contributed by atoms with Gasteiger partial charge in [0.15, 0.2) is 0 Å². The van der Waals surface area contributed by atoms with Crippen molar-refractivity contribution in [3.05, 3.63) is 62.9 Å². The van der Waals surface area contributed by atoms with Gasteiger partial charge in [-0.05, 0) is 19.1 Å². The summed E-state index contributed by atoms with van der Waals surface area (Å²) < 4.78 is 44.1. The Morgan fingerprint density at radius 2 is 1.87 bits per heavy atom. The van der Waals surface area contributed by atoms with Crippen LogP contribution < -0.4 is 15.8 Å². The van der Waals surface area contributed by atoms with Gasteiger partial charge in [0.2, 0.25) is 0 Å². The predicted octanol–water partition coefficient (Wildman–Crippen LogP) is 0.806. The van der Waals surface area contributed by atoms with Gasteiger partial charge < -0.3 is 19.3 Å². The molecule has 1 fully saturated rings. The number of hydrogen-bond donors (Lipinski definition) is 4. The van der Waals surface area contributed by atoms with Crippen molar-refractivity contribution >= 4 is 15.6 Å². The van der Waals surface area contributed by atoms with Crippen LogP contribution in [-0.2, 0) is 22.7 Å². The number of nitrogens with zero attached hydrogens (tertiary/aromatic N) is 1. The highest BCUT2D eigenvalue weighted by Crippen LogP contribution is 2.60. The lowest BCUT2D eigenvalue weighted by Crippen LogP contribution is -2.33. The lowest BCUT2D eigenvalue weighted by molar-refractivity contribution is -0.0450. The molecule has 1 aliphatic rings. The Morgan fingerprint density at radius 1 is 1.19 bits per heavy atom. The van der Waals surface area contributed by atoms with Crippen molar-refractivity contribution in [2.75, 3.05) is 6.61 Å². The summed E-state index contributed by atoms with van der Waals surface area (Å²) in [5, 5.41) is 10.1. The highest BCUT2D eigenvalue weighted by molar-refractivity contribution is 7.61. The Balaban J connectivity index is 1.60. The Morgan fingerprint density at radius 3 is 2.55 bits per heavy atom. The molecule has 2 unspecified atom stereocenters. The van der Waals surface area contributed by atoms with E-state index in [9.17, 15) is 33.6 Å². The minimum absolute atomic E-state index is 0.0765. The van der Waals surface area contributed by atoms with Gasteiger partial charge in [-0.25, -0.2) is 13.9 Å². The molecule has 31 heavy (non-hydrogen) atoms. The van der Waals surface area contributed by atoms with Crippen LogP contribution in [0.5, 0.6) is 5.75 Å². The molecule has 0 amide bonds. The van der Waals surface area contributed by atoms with Gasteiger partial charge in [-0.1, -0.05) is 18.2 Å². The fraction of sp³-hybridized carbons (Fsp3) is 0.375. The average Bonchev–Trinajstić information content (AvgIpc) is 3.03. The third-order valence-corrected chi connectivity index (χ3v) is 6.80. The van der Waals surface area contributed by atoms with Gasteiger partial charge in [0.1, 0.15) is 18.1 Å². The maximum Gasteiger partial charge on any atom is 0.536 e. The third kappa shape index (κ3) is 6.22. The first-order chi connectivity index (χ1) is 14.5. The summed E-state index contributed by atoms with van der Waals surface area (Å²) in [4.78, 5) is 44.9. The van der Waals surface area contributed by atoms with E-state index in [2.05, 4.69) is 18.3 Å². The van der Waals surface area contributed by atoms with Gasteiger partial charge in [0.05, 0.1) is 12.7 Å². The zero-order chi connectivity index (χ0) is 22.8. The zero-order valence-electron chi connectivity index (χ0n) is 16.1. The van der Waals surface area contributed by atoms with Crippen LogP contribution in [0.2, 0.25) is 0 Å². The van der Waals surface area contributed by atoms with E-state index < -0.39 is 51.9 Å². The fourth-order valence-corrected chi connectivity index (χ4v) is 4.88. The molecule has 1 aromatic heterocycles. The van der Waals surface area contributed by atoms with E-state index in [1.165, 1.54) is 37.4 Å². The first-order valence-corrected chi connectivity index (χ1v) is 11.9. The fourth-order valence-electron chi connectivity index (χ4n) is 2.79. The first kappa shape index (κ1) is 23.6. The average molecular weight is 478 g/mol. The summed E-state index contributed by atoms with van der Waals surface area (Å²) in [5.41, 5.74) is -1.09. The summed E-state index contributed by atoms with van der Waals surface area (Å²) in [7, 11) is -10.1. The van der Waals surface area contributed by atoms with Crippen molar-refractivity contribution in [3.8, 4) is 5.75 Å². The summed E-state index contributed by atoms with van der Waals surface area (Å²) in [6.45, 7) is 0.776. The molecule has 0 saturated carbocycles. The topological polar surface area (TPSA) is 187 Å². The van der Waals surface area contributed by atoms with Crippen LogP contribution in [0.15, 0.2) is 46.1 Å². The molecule has 3 rings (SSSR count). The standard InChI is InChI=1S/C16H20N2O11P2/c1-10-8-18(16(21)17-15(10)20)14-7-12(19)13(27-14)9-26-30(22,23)29-31(24,25)28-11-5-3-2-4-6-11/h2-6,8,12-14,19H,7,9H2,1H3,(H,22,23)(H,24,25)(H,17,20,21)/t12-,13+,14+/m0/s1. The van der Waals surface area contributed by atoms with Gasteiger partial charge in [-0.2, -0.15) is 4.31 Å². The normalized spacial score (nSPS) is 25.0. The molecule has 0 spiro atoms. The lowest BCUT2D eigenvalue weighted by atomic mass is 10.2. The number of aliphatic hydroxyl groups is 1. The second-order valence-corrected chi connectivity index (χ2v) is 9.60. The largest absolute Gasteiger partial charge is 0.536 e. The number of phosphoric acid groups is 2. The molecule has 2 heterocycles. The van der Waals surface area contributed by atoms with Crippen LogP contribution in [-0.4, -0.2) is 43.3 Å². The number of aromatic amines is 1. The molecule has 15 heteroatoms. The van der Waals surface area contributed by atoms with Crippen LogP contribution in [0, 0.1) is 6.92 Å². The number of benzene rings is 1. The van der Waals surface area contributed by atoms with Crippen molar-refractivity contribution in [2.24, 2.45) is 0 Å². The van der Waals surface area contributed by atoms with Gasteiger partial charge in [-0.15, -0.1) is 0 Å². The van der Waals surface area contributed by atoms with Crippen LogP contribution in [0.25, 0.3) is 0 Å². The van der Waals surface area contributed by atoms with Gasteiger partial charge in [-0.3, -0.25) is 23.8 Å². The molecule has 4 N–H and O–H groups in total. The lowest BCUT2D eigenvalue weighted by Gasteiger charge is -2.19. The predicted molar refractivity (Wildman–Crippen MR) is 104 cm³/mol. The Labute approximate surface area is 175 Å². The van der Waals surface area contributed by atoms with Gasteiger partial charge >= 0.3 is 21.3 Å². The molecule has 13 nitrogen and oxygen atoms in total. The molecule has 0 bridgehead atoms. The van der Waals surface area contributed by atoms with Crippen molar-refractivity contribution in [2.45, 2.75) is 31.8 Å². The summed E-state index contributed by atoms with van der Waals surface area (Å²) in [6.07, 6.45) is -2.17. The zero-order valence-corrected chi connectivity index (χ0v) is 17.8. The van der Waals surface area contributed by atoms with Crippen molar-refractivity contribution in [1.82, 2.24) is 9.55 Å². The number of para-hydroxylation sites is 1. The highest BCUT2D eigenvalue weighted by atomic mass is 31.3. The minimum atomic E-state index is -5.09. The molecule has 5 atom stereocenters. The maximum atomic E-state index is 12.0. The number of aryl methyl sites for hydroxylation is 1. The Kier molecular flexibility index (Phi) is 6.99. The molecule has 1 aliphatic heterocycles. The van der Waals surface area contributed by atoms with Crippen LogP contribution in [0.3, 0.4) is 0 Å². The van der Waals surface area contributed by atoms with Gasteiger partial charge in [0, 0.05) is 18.2 Å². The smallest absolute Gasteiger partial charge is 0.404 e. The second-order valence-electron chi connectivity index (χ2n) is 6.63. The second kappa shape index (κ2) is 9.19. The third-order valence-electron chi connectivity index (χ3n) is 4.23. The van der Waals surface area contributed by atoms with Crippen molar-refractivity contribution in [3.63, 3.8) is 0 Å². The highest BCUT2D eigenvalue weighted by Gasteiger charge is 2.41. The molecule has 0 radical (unpaired) electrons. The number of aliphatic hydroxyl groups excluding tert-OH is 1. The number of rotatable bonds is 8. The van der Waals surface area contributed by atoms with Crippen LogP contribution in [0.4, 0.5) is 0 Å². The maximum absolute atomic E-state index is 12.0. The summed E-state index contributed by atoms with van der Waals surface area (Å²) in [6, 6.07) is 7.31. The number of ether oxygens (including phenoxy) is 1. The summed E-state index contributed by atoms with van der Waals surface area (Å²) in [5.74, 6) is -0.0765. The Hall–Kier alpha value is -2.08. The Bertz CT molecular complexity index is 1130. The van der Waals surface area contributed by atoms with Gasteiger partial charge in [0.25, 0.3) is 5.56 Å². The quantitative estimate of drug-likeness (QED) is 0.393. The van der Waals surface area contributed by atoms with E-state index in [0.29, 0.717) is 0 Å². The molecule has 2 aromatic rings. The van der Waals surface area contributed by atoms with E-state index >= 15 is 0 Å². The number of aromatic nitrogens is 2. The van der Waals surface area contributed by atoms with E-state index in [-0.39, 0.29) is 17.7 Å². The van der Waals surface area contributed by atoms with Crippen LogP contribution >= 0.6 is 15.6 Å². The number of phosphoric ester groups is 2. The number of nitrogens with one attached hydrogen (secondary N) is 1. The molecular formula is C16H20N2O11P2. The molecular weight excluding hydrogens is 458 g/mol. The van der Waals surface area contributed by atoms with E-state index in [1.807, 2.05) is 0 Å². The van der Waals surface area contributed by atoms with E-state index in [4.69, 9.17) is 4.74 Å². The van der Waals surface area contributed by atoms with Crippen molar-refractivity contribution < 1.29 is 42.1 Å². The molecule has 1 aromatic carbocycles. The molecule has 1 saturated heterocycles. The minimum Gasteiger partial charge on any atom is -0.404 e. The number of H-pyrrole nitrogens is 1. The molecule has 0 aliphatic carbocycles. The monoisotopic (exact) mass is 478 g/mol. The van der Waals surface area contributed by atoms with E-state index in [1.54, 1.807) is 6.07 Å². The number of hydrogen-bond acceptors (Lipinski definition) is 9. The van der Waals surface area contributed by atoms with E-state index in [0.717, 1.165) is 4.57 Å². The molecule has 170 valence electrons. The van der Waals surface area contributed by atoms with Crippen molar-refractivity contribution in [1.29, 1.82) is 0 Å². The SMILES string of the molecule is Cc1cn([C@H]2C[C@H](O)[C@@H](COP(=O)(O)OP(=O)(O)Oc3ccccc3)O2)c(=O)[nH]c1=O.